The van der Waals surface area contributed by atoms with E-state index in [1.807, 2.05) is 18.2 Å². The summed E-state index contributed by atoms with van der Waals surface area (Å²) in [7, 11) is 0. The molecule has 0 saturated carbocycles. The van der Waals surface area contributed by atoms with E-state index in [1.54, 1.807) is 0 Å². The SMILES string of the molecule is C=CC[BH-](CC=C)CC=C.[K+]. The van der Waals surface area contributed by atoms with Gasteiger partial charge in [0.15, 0.2) is 0 Å². The molecule has 11 heavy (non-hydrogen) atoms. The molecular formula is C9H16BK. The molecule has 0 heterocycles. The minimum atomic E-state index is -0.0833. The van der Waals surface area contributed by atoms with Gasteiger partial charge in [-0.3, -0.25) is 0 Å². The molecule has 2 heteroatoms. The summed E-state index contributed by atoms with van der Waals surface area (Å²) < 4.78 is 0. The Balaban J connectivity index is 0. The van der Waals surface area contributed by atoms with Crippen molar-refractivity contribution >= 4 is 6.71 Å². The molecule has 0 aliphatic rings. The molecule has 0 amide bonds. The van der Waals surface area contributed by atoms with Crippen molar-refractivity contribution in [1.82, 2.24) is 0 Å². The quantitative estimate of drug-likeness (QED) is 0.385. The largest absolute Gasteiger partial charge is 1.00 e. The summed E-state index contributed by atoms with van der Waals surface area (Å²) in [5, 5.41) is 0. The van der Waals surface area contributed by atoms with E-state index in [2.05, 4.69) is 19.7 Å². The fourth-order valence-electron chi connectivity index (χ4n) is 1.22. The number of rotatable bonds is 6. The minimum absolute atomic E-state index is 0. The van der Waals surface area contributed by atoms with Crippen LogP contribution < -0.4 is 51.4 Å². The fourth-order valence-corrected chi connectivity index (χ4v) is 1.22. The topological polar surface area (TPSA) is 0 Å². The molecule has 0 radical (unpaired) electrons. The maximum absolute atomic E-state index is 3.72. The van der Waals surface area contributed by atoms with E-state index in [0.717, 1.165) is 19.0 Å². The van der Waals surface area contributed by atoms with Crippen molar-refractivity contribution in [3.63, 3.8) is 0 Å². The Morgan fingerprint density at radius 2 is 1.09 bits per heavy atom. The average molecular weight is 174 g/mol. The molecule has 0 N–H and O–H groups in total. The molecule has 0 aromatic rings. The van der Waals surface area contributed by atoms with Gasteiger partial charge < -0.3 is 0 Å². The summed E-state index contributed by atoms with van der Waals surface area (Å²) in [6.07, 6.45) is 9.43. The third-order valence-corrected chi connectivity index (χ3v) is 1.84. The van der Waals surface area contributed by atoms with Gasteiger partial charge in [-0.25, -0.2) is 0 Å². The Labute approximate surface area is 113 Å². The van der Waals surface area contributed by atoms with Crippen LogP contribution in [0.5, 0.6) is 0 Å². The van der Waals surface area contributed by atoms with Crippen LogP contribution in [-0.4, -0.2) is 6.71 Å². The standard InChI is InChI=1S/C9H16B.K/c1-4-7-10(8-5-2)9-6-3;/h4-6,10H,1-3,7-9H2;/q-1;+1. The fraction of sp³-hybridized carbons (Fsp3) is 0.333. The molecule has 0 aliphatic heterocycles. The van der Waals surface area contributed by atoms with Crippen molar-refractivity contribution in [2.24, 2.45) is 0 Å². The second-order valence-electron chi connectivity index (χ2n) is 2.79. The van der Waals surface area contributed by atoms with Crippen molar-refractivity contribution in [2.45, 2.75) is 19.0 Å². The van der Waals surface area contributed by atoms with Gasteiger partial charge in [0.05, 0.1) is 0 Å². The maximum Gasteiger partial charge on any atom is 1.00 e. The van der Waals surface area contributed by atoms with Gasteiger partial charge in [-0.1, -0.05) is 0 Å². The molecule has 0 unspecified atom stereocenters. The van der Waals surface area contributed by atoms with Crippen molar-refractivity contribution in [1.29, 1.82) is 0 Å². The van der Waals surface area contributed by atoms with Crippen LogP contribution in [-0.2, 0) is 0 Å². The first-order valence-corrected chi connectivity index (χ1v) is 3.95. The first-order chi connectivity index (χ1) is 4.85. The van der Waals surface area contributed by atoms with E-state index in [-0.39, 0.29) is 58.1 Å². The van der Waals surface area contributed by atoms with Gasteiger partial charge in [-0.15, -0.1) is 38.0 Å². The van der Waals surface area contributed by atoms with Gasteiger partial charge in [-0.2, -0.15) is 19.0 Å². The smallest absolute Gasteiger partial charge is 0.163 e. The third-order valence-electron chi connectivity index (χ3n) is 1.84. The molecule has 0 nitrogen and oxygen atoms in total. The normalized spacial score (nSPS) is 8.45. The number of hydrogen-bond donors (Lipinski definition) is 0. The Hall–Kier alpha value is 0.921. The van der Waals surface area contributed by atoms with E-state index in [1.165, 1.54) is 0 Å². The van der Waals surface area contributed by atoms with Gasteiger partial charge in [0.2, 0.25) is 0 Å². The van der Waals surface area contributed by atoms with Crippen LogP contribution in [0.3, 0.4) is 0 Å². The van der Waals surface area contributed by atoms with E-state index in [4.69, 9.17) is 0 Å². The minimum Gasteiger partial charge on any atom is -0.163 e. The Morgan fingerprint density at radius 3 is 1.27 bits per heavy atom. The molecular weight excluding hydrogens is 158 g/mol. The molecule has 0 fully saturated rings. The average Bonchev–Trinajstić information content (AvgIpc) is 1.90. The van der Waals surface area contributed by atoms with Gasteiger partial charge in [0.1, 0.15) is 0 Å². The van der Waals surface area contributed by atoms with E-state index < -0.39 is 0 Å². The second-order valence-corrected chi connectivity index (χ2v) is 2.79. The molecule has 0 rings (SSSR count). The van der Waals surface area contributed by atoms with Crippen LogP contribution in [0.4, 0.5) is 0 Å². The molecule has 0 aromatic carbocycles. The number of hydrogen-bond acceptors (Lipinski definition) is 0. The van der Waals surface area contributed by atoms with Gasteiger partial charge >= 0.3 is 51.4 Å². The zero-order valence-electron chi connectivity index (χ0n) is 7.68. The van der Waals surface area contributed by atoms with Gasteiger partial charge in [0.25, 0.3) is 0 Å². The first-order valence-electron chi connectivity index (χ1n) is 3.95. The van der Waals surface area contributed by atoms with E-state index in [9.17, 15) is 0 Å². The summed E-state index contributed by atoms with van der Waals surface area (Å²) in [4.78, 5) is 0. The summed E-state index contributed by atoms with van der Waals surface area (Å²) >= 11 is 0. The Bertz CT molecular complexity index is 97.0. The van der Waals surface area contributed by atoms with Crippen LogP contribution >= 0.6 is 0 Å². The van der Waals surface area contributed by atoms with Crippen LogP contribution in [0.2, 0.25) is 19.0 Å². The van der Waals surface area contributed by atoms with E-state index >= 15 is 0 Å². The zero-order chi connectivity index (χ0) is 7.82. The van der Waals surface area contributed by atoms with Crippen molar-refractivity contribution in [3.8, 4) is 0 Å². The second kappa shape index (κ2) is 10.9. The molecule has 0 aromatic heterocycles. The molecule has 0 aliphatic carbocycles. The zero-order valence-corrected chi connectivity index (χ0v) is 10.8. The molecule has 0 saturated heterocycles. The van der Waals surface area contributed by atoms with E-state index in [0.29, 0.717) is 0 Å². The first kappa shape index (κ1) is 14.4. The van der Waals surface area contributed by atoms with Crippen molar-refractivity contribution in [3.05, 3.63) is 38.0 Å². The van der Waals surface area contributed by atoms with Crippen molar-refractivity contribution in [2.75, 3.05) is 0 Å². The van der Waals surface area contributed by atoms with Gasteiger partial charge in [0, 0.05) is 0 Å². The van der Waals surface area contributed by atoms with Crippen LogP contribution in [0, 0.1) is 0 Å². The Morgan fingerprint density at radius 1 is 0.818 bits per heavy atom. The third kappa shape index (κ3) is 8.83. The van der Waals surface area contributed by atoms with Crippen molar-refractivity contribution < 1.29 is 51.4 Å². The predicted molar refractivity (Wildman–Crippen MR) is 52.2 cm³/mol. The molecule has 56 valence electrons. The van der Waals surface area contributed by atoms with Crippen LogP contribution in [0.15, 0.2) is 38.0 Å². The predicted octanol–water partition coefficient (Wildman–Crippen LogP) is -0.225. The summed E-state index contributed by atoms with van der Waals surface area (Å²) in [5.41, 5.74) is 0. The van der Waals surface area contributed by atoms with Crippen LogP contribution in [0.25, 0.3) is 0 Å². The summed E-state index contributed by atoms with van der Waals surface area (Å²) in [6, 6.07) is 0. The molecule has 0 spiro atoms. The van der Waals surface area contributed by atoms with Gasteiger partial charge in [-0.05, 0) is 6.71 Å². The molecule has 0 atom stereocenters. The number of allylic oxidation sites excluding steroid dienone is 3. The summed E-state index contributed by atoms with van der Waals surface area (Å²) in [6.45, 7) is 11.1. The maximum atomic E-state index is 3.72. The van der Waals surface area contributed by atoms with Crippen LogP contribution in [0.1, 0.15) is 0 Å². The Kier molecular flexibility index (Phi) is 14.3. The summed E-state index contributed by atoms with van der Waals surface area (Å²) in [5.74, 6) is 0. The monoisotopic (exact) mass is 174 g/mol. The molecule has 0 bridgehead atoms.